The number of aliphatic imine (C=N–C) groups is 1. The van der Waals surface area contributed by atoms with Gasteiger partial charge in [0, 0.05) is 42.6 Å². The van der Waals surface area contributed by atoms with Crippen molar-refractivity contribution >= 4 is 57.5 Å². The first-order chi connectivity index (χ1) is 12.7. The minimum absolute atomic E-state index is 0. The standard InChI is InChI=1S/C19H28BrN5O.HI/c1-2-21-19(23-11-10-22-18(26)14-7-8-14)24-15-9-12-25(13-15)17-6-4-3-5-16(17)20;/h3-6,14-15H,2,7-13H2,1H3,(H,22,26)(H2,21,23,24);1H. The molecule has 8 heteroatoms. The first-order valence-electron chi connectivity index (χ1n) is 9.49. The zero-order chi connectivity index (χ0) is 18.4. The molecule has 1 saturated carbocycles. The van der Waals surface area contributed by atoms with Gasteiger partial charge in [0.15, 0.2) is 5.96 Å². The molecular formula is C19H29BrIN5O. The molecule has 1 aliphatic carbocycles. The summed E-state index contributed by atoms with van der Waals surface area (Å²) in [5.41, 5.74) is 1.24. The summed E-state index contributed by atoms with van der Waals surface area (Å²) in [7, 11) is 0. The van der Waals surface area contributed by atoms with Crippen molar-refractivity contribution in [1.29, 1.82) is 0 Å². The number of benzene rings is 1. The van der Waals surface area contributed by atoms with Crippen LogP contribution in [0.1, 0.15) is 26.2 Å². The van der Waals surface area contributed by atoms with Gasteiger partial charge in [0.05, 0.1) is 12.2 Å². The lowest BCUT2D eigenvalue weighted by Crippen LogP contribution is -2.45. The molecule has 1 heterocycles. The lowest BCUT2D eigenvalue weighted by Gasteiger charge is -2.21. The molecule has 0 aromatic heterocycles. The average Bonchev–Trinajstić information content (AvgIpc) is 3.39. The van der Waals surface area contributed by atoms with Crippen molar-refractivity contribution in [2.24, 2.45) is 10.9 Å². The minimum atomic E-state index is 0. The molecule has 0 bridgehead atoms. The fourth-order valence-corrected chi connectivity index (χ4v) is 3.69. The smallest absolute Gasteiger partial charge is 0.223 e. The van der Waals surface area contributed by atoms with Crippen LogP contribution in [0.4, 0.5) is 5.69 Å². The van der Waals surface area contributed by atoms with Crippen LogP contribution in [-0.2, 0) is 4.79 Å². The number of rotatable bonds is 7. The Balaban J connectivity index is 0.00000261. The maximum absolute atomic E-state index is 11.7. The van der Waals surface area contributed by atoms with Gasteiger partial charge in [-0.3, -0.25) is 9.79 Å². The summed E-state index contributed by atoms with van der Waals surface area (Å²) < 4.78 is 1.13. The summed E-state index contributed by atoms with van der Waals surface area (Å²) in [6.45, 7) is 6.05. The lowest BCUT2D eigenvalue weighted by molar-refractivity contribution is -0.122. The van der Waals surface area contributed by atoms with E-state index in [1.807, 2.05) is 6.07 Å². The number of amides is 1. The third-order valence-corrected chi connectivity index (χ3v) is 5.37. The second-order valence-corrected chi connectivity index (χ2v) is 7.71. The molecule has 6 nitrogen and oxygen atoms in total. The Kier molecular flexibility index (Phi) is 9.14. The molecule has 27 heavy (non-hydrogen) atoms. The Bertz CT molecular complexity index is 653. The molecule has 3 N–H and O–H groups in total. The zero-order valence-corrected chi connectivity index (χ0v) is 19.6. The normalized spacial score (nSPS) is 19.4. The molecule has 0 spiro atoms. The highest BCUT2D eigenvalue weighted by Gasteiger charge is 2.29. The fraction of sp³-hybridized carbons (Fsp3) is 0.579. The second-order valence-electron chi connectivity index (χ2n) is 6.85. The van der Waals surface area contributed by atoms with Crippen molar-refractivity contribution in [1.82, 2.24) is 16.0 Å². The predicted octanol–water partition coefficient (Wildman–Crippen LogP) is 2.73. The zero-order valence-electron chi connectivity index (χ0n) is 15.7. The molecule has 1 unspecified atom stereocenters. The molecule has 1 aromatic rings. The van der Waals surface area contributed by atoms with E-state index in [1.165, 1.54) is 5.69 Å². The van der Waals surface area contributed by atoms with Gasteiger partial charge in [-0.2, -0.15) is 0 Å². The molecule has 1 saturated heterocycles. The topological polar surface area (TPSA) is 68.8 Å². The Morgan fingerprint density at radius 2 is 2.04 bits per heavy atom. The summed E-state index contributed by atoms with van der Waals surface area (Å²) >= 11 is 3.64. The van der Waals surface area contributed by atoms with E-state index in [0.29, 0.717) is 19.1 Å². The Hall–Kier alpha value is -1.03. The highest BCUT2D eigenvalue weighted by Crippen LogP contribution is 2.29. The van der Waals surface area contributed by atoms with Crippen LogP contribution in [0.15, 0.2) is 33.7 Å². The van der Waals surface area contributed by atoms with Crippen LogP contribution in [-0.4, -0.2) is 50.6 Å². The van der Waals surface area contributed by atoms with Gasteiger partial charge in [0.25, 0.3) is 0 Å². The van der Waals surface area contributed by atoms with Gasteiger partial charge in [0.1, 0.15) is 0 Å². The largest absolute Gasteiger partial charge is 0.368 e. The van der Waals surface area contributed by atoms with Crippen LogP contribution in [0.3, 0.4) is 0 Å². The summed E-state index contributed by atoms with van der Waals surface area (Å²) in [6.07, 6.45) is 3.15. The van der Waals surface area contributed by atoms with Crippen LogP contribution >= 0.6 is 39.9 Å². The van der Waals surface area contributed by atoms with Gasteiger partial charge >= 0.3 is 0 Å². The molecule has 150 valence electrons. The molecule has 3 rings (SSSR count). The molecule has 1 atom stereocenters. The molecule has 2 fully saturated rings. The van der Waals surface area contributed by atoms with Crippen molar-refractivity contribution in [2.45, 2.75) is 32.2 Å². The molecule has 2 aliphatic rings. The van der Waals surface area contributed by atoms with Crippen LogP contribution in [0.2, 0.25) is 0 Å². The predicted molar refractivity (Wildman–Crippen MR) is 125 cm³/mol. The molecule has 1 aliphatic heterocycles. The van der Waals surface area contributed by atoms with Crippen molar-refractivity contribution in [3.8, 4) is 0 Å². The van der Waals surface area contributed by atoms with E-state index in [1.54, 1.807) is 0 Å². The molecule has 0 radical (unpaired) electrons. The molecule has 1 aromatic carbocycles. The van der Waals surface area contributed by atoms with Gasteiger partial charge in [-0.1, -0.05) is 12.1 Å². The van der Waals surface area contributed by atoms with E-state index < -0.39 is 0 Å². The summed E-state index contributed by atoms with van der Waals surface area (Å²) in [5, 5.41) is 9.78. The number of guanidine groups is 1. The number of hydrogen-bond acceptors (Lipinski definition) is 3. The van der Waals surface area contributed by atoms with E-state index in [9.17, 15) is 4.79 Å². The monoisotopic (exact) mass is 549 g/mol. The van der Waals surface area contributed by atoms with Gasteiger partial charge in [-0.05, 0) is 54.2 Å². The van der Waals surface area contributed by atoms with Crippen molar-refractivity contribution in [3.63, 3.8) is 0 Å². The Morgan fingerprint density at radius 1 is 1.26 bits per heavy atom. The number of carbonyl (C=O) groups is 1. The highest BCUT2D eigenvalue weighted by atomic mass is 127. The van der Waals surface area contributed by atoms with Crippen molar-refractivity contribution in [2.75, 3.05) is 37.6 Å². The van der Waals surface area contributed by atoms with Crippen LogP contribution in [0.5, 0.6) is 0 Å². The van der Waals surface area contributed by atoms with E-state index in [0.717, 1.165) is 49.3 Å². The summed E-state index contributed by atoms with van der Waals surface area (Å²) in [5.74, 6) is 1.26. The van der Waals surface area contributed by atoms with E-state index in [-0.39, 0.29) is 35.8 Å². The second kappa shape index (κ2) is 11.1. The number of halogens is 2. The van der Waals surface area contributed by atoms with Crippen LogP contribution in [0.25, 0.3) is 0 Å². The quantitative estimate of drug-likeness (QED) is 0.212. The van der Waals surface area contributed by atoms with E-state index >= 15 is 0 Å². The fourth-order valence-electron chi connectivity index (χ4n) is 3.16. The minimum Gasteiger partial charge on any atom is -0.368 e. The number of hydrogen-bond donors (Lipinski definition) is 3. The number of para-hydroxylation sites is 1. The van der Waals surface area contributed by atoms with E-state index in [4.69, 9.17) is 0 Å². The van der Waals surface area contributed by atoms with Crippen molar-refractivity contribution < 1.29 is 4.79 Å². The lowest BCUT2D eigenvalue weighted by atomic mass is 10.3. The van der Waals surface area contributed by atoms with Crippen molar-refractivity contribution in [3.05, 3.63) is 28.7 Å². The van der Waals surface area contributed by atoms with Gasteiger partial charge in [-0.15, -0.1) is 24.0 Å². The number of nitrogens with one attached hydrogen (secondary N) is 3. The van der Waals surface area contributed by atoms with Crippen LogP contribution in [0, 0.1) is 5.92 Å². The number of carbonyl (C=O) groups excluding carboxylic acids is 1. The Labute approximate surface area is 187 Å². The average molecular weight is 550 g/mol. The molecular weight excluding hydrogens is 521 g/mol. The number of anilines is 1. The Morgan fingerprint density at radius 3 is 2.74 bits per heavy atom. The highest BCUT2D eigenvalue weighted by molar-refractivity contribution is 14.0. The maximum atomic E-state index is 11.7. The third kappa shape index (κ3) is 6.81. The SMILES string of the molecule is CCNC(=NCCNC(=O)C1CC1)NC1CCN(c2ccccc2Br)C1.I. The maximum Gasteiger partial charge on any atom is 0.223 e. The van der Waals surface area contributed by atoms with Gasteiger partial charge < -0.3 is 20.9 Å². The van der Waals surface area contributed by atoms with Crippen LogP contribution < -0.4 is 20.9 Å². The van der Waals surface area contributed by atoms with Gasteiger partial charge in [-0.25, -0.2) is 0 Å². The number of nitrogens with zero attached hydrogens (tertiary/aromatic N) is 2. The first-order valence-corrected chi connectivity index (χ1v) is 10.3. The summed E-state index contributed by atoms with van der Waals surface area (Å²) in [6, 6.07) is 8.70. The summed E-state index contributed by atoms with van der Waals surface area (Å²) in [4.78, 5) is 18.6. The molecule has 1 amide bonds. The third-order valence-electron chi connectivity index (χ3n) is 4.70. The van der Waals surface area contributed by atoms with Gasteiger partial charge in [0.2, 0.25) is 5.91 Å². The van der Waals surface area contributed by atoms with E-state index in [2.05, 4.69) is 66.9 Å². The first kappa shape index (κ1) is 22.3.